The van der Waals surface area contributed by atoms with Gasteiger partial charge in [-0.2, -0.15) is 0 Å². The molecule has 1 atom stereocenters. The monoisotopic (exact) mass is 320 g/mol. The Morgan fingerprint density at radius 3 is 2.74 bits per heavy atom. The fourth-order valence-corrected chi connectivity index (χ4v) is 3.76. The van der Waals surface area contributed by atoms with Gasteiger partial charge in [-0.3, -0.25) is 4.90 Å². The molecule has 0 aromatic heterocycles. The molecule has 5 heteroatoms. The molecule has 2 aliphatic rings. The molecule has 1 aromatic rings. The van der Waals surface area contributed by atoms with E-state index in [0.717, 1.165) is 52.2 Å². The maximum Gasteiger partial charge on any atom is 0.161 e. The van der Waals surface area contributed by atoms with Crippen LogP contribution < -0.4 is 10.1 Å². The molecule has 0 bridgehead atoms. The van der Waals surface area contributed by atoms with Gasteiger partial charge in [0.25, 0.3) is 0 Å². The summed E-state index contributed by atoms with van der Waals surface area (Å²) in [6.45, 7) is 8.41. The average Bonchev–Trinajstić information content (AvgIpc) is 2.60. The standard InChI is InChI=1S/C18H28N2O3/c1-2-23-17-13-15(3-4-16(17)21)18(14-5-11-22-12-6-14)20-9-7-19-8-10-20/h3-4,13-14,18-19,21H,2,5-12H2,1H3/t18-/m1/s1. The first-order valence-electron chi connectivity index (χ1n) is 8.78. The van der Waals surface area contributed by atoms with Crippen LogP contribution in [0.3, 0.4) is 0 Å². The maximum atomic E-state index is 10.00. The first kappa shape index (κ1) is 16.6. The van der Waals surface area contributed by atoms with E-state index < -0.39 is 0 Å². The minimum absolute atomic E-state index is 0.224. The molecule has 2 saturated heterocycles. The van der Waals surface area contributed by atoms with E-state index in [9.17, 15) is 5.11 Å². The summed E-state index contributed by atoms with van der Waals surface area (Å²) in [5.74, 6) is 1.42. The van der Waals surface area contributed by atoms with Gasteiger partial charge in [0, 0.05) is 45.4 Å². The molecule has 0 amide bonds. The van der Waals surface area contributed by atoms with Crippen molar-refractivity contribution in [3.8, 4) is 11.5 Å². The lowest BCUT2D eigenvalue weighted by atomic mass is 9.85. The van der Waals surface area contributed by atoms with E-state index in [0.29, 0.717) is 24.3 Å². The highest BCUT2D eigenvalue weighted by Gasteiger charge is 2.31. The van der Waals surface area contributed by atoms with Crippen LogP contribution in [-0.2, 0) is 4.74 Å². The van der Waals surface area contributed by atoms with Crippen LogP contribution in [0.15, 0.2) is 18.2 Å². The van der Waals surface area contributed by atoms with Crippen molar-refractivity contribution in [2.75, 3.05) is 46.0 Å². The van der Waals surface area contributed by atoms with E-state index in [1.54, 1.807) is 6.07 Å². The van der Waals surface area contributed by atoms with E-state index in [1.807, 2.05) is 13.0 Å². The summed E-state index contributed by atoms with van der Waals surface area (Å²) in [4.78, 5) is 2.58. The Morgan fingerprint density at radius 2 is 2.04 bits per heavy atom. The van der Waals surface area contributed by atoms with Crippen LogP contribution in [0.2, 0.25) is 0 Å². The lowest BCUT2D eigenvalue weighted by Crippen LogP contribution is -2.47. The van der Waals surface area contributed by atoms with Crippen molar-refractivity contribution >= 4 is 0 Å². The summed E-state index contributed by atoms with van der Waals surface area (Å²) in [6.07, 6.45) is 2.19. The molecule has 1 aromatic carbocycles. The second kappa shape index (κ2) is 7.99. The van der Waals surface area contributed by atoms with Crippen molar-refractivity contribution in [3.63, 3.8) is 0 Å². The lowest BCUT2D eigenvalue weighted by Gasteiger charge is -2.41. The number of aromatic hydroxyl groups is 1. The molecule has 128 valence electrons. The zero-order chi connectivity index (χ0) is 16.1. The predicted octanol–water partition coefficient (Wildman–Crippen LogP) is 2.16. The van der Waals surface area contributed by atoms with Crippen LogP contribution in [0, 0.1) is 5.92 Å². The van der Waals surface area contributed by atoms with Gasteiger partial charge in [0.05, 0.1) is 6.61 Å². The Balaban J connectivity index is 1.88. The molecule has 0 spiro atoms. The summed E-state index contributed by atoms with van der Waals surface area (Å²) in [6, 6.07) is 6.23. The second-order valence-electron chi connectivity index (χ2n) is 6.34. The molecule has 2 aliphatic heterocycles. The van der Waals surface area contributed by atoms with Crippen molar-refractivity contribution in [2.45, 2.75) is 25.8 Å². The van der Waals surface area contributed by atoms with Crippen molar-refractivity contribution < 1.29 is 14.6 Å². The summed E-state index contributed by atoms with van der Waals surface area (Å²) in [5, 5.41) is 13.4. The Morgan fingerprint density at radius 1 is 1.30 bits per heavy atom. The molecule has 0 unspecified atom stereocenters. The lowest BCUT2D eigenvalue weighted by molar-refractivity contribution is 0.0212. The largest absolute Gasteiger partial charge is 0.504 e. The number of hydrogen-bond donors (Lipinski definition) is 2. The molecule has 0 aliphatic carbocycles. The van der Waals surface area contributed by atoms with E-state index >= 15 is 0 Å². The van der Waals surface area contributed by atoms with Crippen molar-refractivity contribution in [2.24, 2.45) is 5.92 Å². The number of rotatable bonds is 5. The normalized spacial score (nSPS) is 22.0. The fraction of sp³-hybridized carbons (Fsp3) is 0.667. The Bertz CT molecular complexity index is 479. The van der Waals surface area contributed by atoms with Crippen molar-refractivity contribution in [1.29, 1.82) is 0 Å². The molecule has 23 heavy (non-hydrogen) atoms. The fourth-order valence-electron chi connectivity index (χ4n) is 3.76. The van der Waals surface area contributed by atoms with Gasteiger partial charge in [0.1, 0.15) is 0 Å². The van der Waals surface area contributed by atoms with E-state index in [-0.39, 0.29) is 5.75 Å². The number of benzene rings is 1. The van der Waals surface area contributed by atoms with Gasteiger partial charge in [0.2, 0.25) is 0 Å². The summed E-state index contributed by atoms with van der Waals surface area (Å²) >= 11 is 0. The van der Waals surface area contributed by atoms with Gasteiger partial charge in [-0.05, 0) is 43.4 Å². The number of nitrogens with zero attached hydrogens (tertiary/aromatic N) is 1. The van der Waals surface area contributed by atoms with Crippen LogP contribution in [0.5, 0.6) is 11.5 Å². The highest BCUT2D eigenvalue weighted by molar-refractivity contribution is 5.43. The third-order valence-corrected chi connectivity index (χ3v) is 4.88. The third kappa shape index (κ3) is 3.97. The van der Waals surface area contributed by atoms with Crippen molar-refractivity contribution in [3.05, 3.63) is 23.8 Å². The highest BCUT2D eigenvalue weighted by Crippen LogP contribution is 2.38. The van der Waals surface area contributed by atoms with Gasteiger partial charge in [-0.1, -0.05) is 6.07 Å². The number of phenols is 1. The number of phenolic OH excluding ortho intramolecular Hbond substituents is 1. The van der Waals surface area contributed by atoms with Crippen LogP contribution >= 0.6 is 0 Å². The smallest absolute Gasteiger partial charge is 0.161 e. The van der Waals surface area contributed by atoms with Crippen LogP contribution in [-0.4, -0.2) is 56.0 Å². The van der Waals surface area contributed by atoms with Crippen molar-refractivity contribution in [1.82, 2.24) is 10.2 Å². The van der Waals surface area contributed by atoms with Gasteiger partial charge in [-0.15, -0.1) is 0 Å². The van der Waals surface area contributed by atoms with E-state index in [4.69, 9.17) is 9.47 Å². The summed E-state index contributed by atoms with van der Waals surface area (Å²) < 4.78 is 11.2. The van der Waals surface area contributed by atoms with E-state index in [2.05, 4.69) is 16.3 Å². The predicted molar refractivity (Wildman–Crippen MR) is 90.0 cm³/mol. The van der Waals surface area contributed by atoms with Crippen LogP contribution in [0.4, 0.5) is 0 Å². The first-order chi connectivity index (χ1) is 11.3. The molecule has 0 saturated carbocycles. The first-order valence-corrected chi connectivity index (χ1v) is 8.78. The summed E-state index contributed by atoms with van der Waals surface area (Å²) in [7, 11) is 0. The highest BCUT2D eigenvalue weighted by atomic mass is 16.5. The number of nitrogens with one attached hydrogen (secondary N) is 1. The average molecular weight is 320 g/mol. The topological polar surface area (TPSA) is 54.0 Å². The van der Waals surface area contributed by atoms with Gasteiger partial charge < -0.3 is 19.9 Å². The number of hydrogen-bond acceptors (Lipinski definition) is 5. The Hall–Kier alpha value is -1.30. The molecule has 0 radical (unpaired) electrons. The number of ether oxygens (including phenoxy) is 2. The zero-order valence-corrected chi connectivity index (χ0v) is 14.0. The molecular formula is C18H28N2O3. The molecular weight excluding hydrogens is 292 g/mol. The molecule has 2 fully saturated rings. The zero-order valence-electron chi connectivity index (χ0n) is 14.0. The molecule has 5 nitrogen and oxygen atoms in total. The Kier molecular flexibility index (Phi) is 5.75. The van der Waals surface area contributed by atoms with E-state index in [1.165, 1.54) is 5.56 Å². The molecule has 2 heterocycles. The van der Waals surface area contributed by atoms with Gasteiger partial charge in [-0.25, -0.2) is 0 Å². The van der Waals surface area contributed by atoms with Crippen LogP contribution in [0.1, 0.15) is 31.4 Å². The van der Waals surface area contributed by atoms with Gasteiger partial charge >= 0.3 is 0 Å². The Labute approximate surface area is 138 Å². The number of piperazine rings is 1. The third-order valence-electron chi connectivity index (χ3n) is 4.88. The van der Waals surface area contributed by atoms with Gasteiger partial charge in [0.15, 0.2) is 11.5 Å². The minimum atomic E-state index is 0.224. The summed E-state index contributed by atoms with van der Waals surface area (Å²) in [5.41, 5.74) is 1.25. The molecule has 3 rings (SSSR count). The minimum Gasteiger partial charge on any atom is -0.504 e. The van der Waals surface area contributed by atoms with Crippen LogP contribution in [0.25, 0.3) is 0 Å². The molecule has 2 N–H and O–H groups in total. The second-order valence-corrected chi connectivity index (χ2v) is 6.34. The quantitative estimate of drug-likeness (QED) is 0.871. The SMILES string of the molecule is CCOc1cc([C@@H](C2CCOCC2)N2CCNCC2)ccc1O. The maximum absolute atomic E-state index is 10.00.